The van der Waals surface area contributed by atoms with E-state index in [9.17, 15) is 4.79 Å². The van der Waals surface area contributed by atoms with Crippen molar-refractivity contribution in [2.45, 2.75) is 19.3 Å². The number of carbonyl (C=O) groups is 1. The molecule has 0 radical (unpaired) electrons. The van der Waals surface area contributed by atoms with Gasteiger partial charge in [0.25, 0.3) is 5.91 Å². The summed E-state index contributed by atoms with van der Waals surface area (Å²) in [6.07, 6.45) is -0.110. The average molecular weight is 357 g/mol. The molecule has 2 aliphatic rings. The maximum atomic E-state index is 12.8. The van der Waals surface area contributed by atoms with Gasteiger partial charge in [-0.2, -0.15) is 0 Å². The first kappa shape index (κ1) is 17.0. The Bertz CT molecular complexity index is 781. The van der Waals surface area contributed by atoms with Crippen LogP contribution < -0.4 is 4.74 Å². The smallest absolute Gasteiger partial charge is 0.276 e. The molecule has 0 saturated carbocycles. The fourth-order valence-corrected chi connectivity index (χ4v) is 3.36. The summed E-state index contributed by atoms with van der Waals surface area (Å²) in [6, 6.07) is 7.80. The second kappa shape index (κ2) is 7.05. The first-order valence-corrected chi connectivity index (χ1v) is 8.81. The lowest BCUT2D eigenvalue weighted by Gasteiger charge is -2.32. The fraction of sp³-hybridized carbons (Fsp3) is 0.500. The van der Waals surface area contributed by atoms with Gasteiger partial charge in [0.1, 0.15) is 11.9 Å². The number of fused-ring (bicyclic) bond motifs is 1. The Morgan fingerprint density at radius 1 is 1.19 bits per heavy atom. The number of aromatic nitrogens is 3. The van der Waals surface area contributed by atoms with E-state index in [1.165, 1.54) is 0 Å². The molecule has 1 amide bonds. The summed E-state index contributed by atoms with van der Waals surface area (Å²) < 4.78 is 13.0. The predicted octanol–water partition coefficient (Wildman–Crippen LogP) is 0.946. The second-order valence-corrected chi connectivity index (χ2v) is 6.74. The third-order valence-electron chi connectivity index (χ3n) is 5.08. The fourth-order valence-electron chi connectivity index (χ4n) is 3.36. The second-order valence-electron chi connectivity index (χ2n) is 6.74. The van der Waals surface area contributed by atoms with Crippen LogP contribution in [0.1, 0.15) is 27.8 Å². The highest BCUT2D eigenvalue weighted by Crippen LogP contribution is 2.28. The molecule has 1 saturated heterocycles. The Labute approximate surface area is 152 Å². The van der Waals surface area contributed by atoms with Gasteiger partial charge >= 0.3 is 0 Å². The van der Waals surface area contributed by atoms with Crippen molar-refractivity contribution in [3.63, 3.8) is 0 Å². The van der Waals surface area contributed by atoms with Gasteiger partial charge in [0, 0.05) is 26.2 Å². The van der Waals surface area contributed by atoms with Crippen LogP contribution in [0.2, 0.25) is 0 Å². The largest absolute Gasteiger partial charge is 0.497 e. The zero-order valence-corrected chi connectivity index (χ0v) is 15.1. The third kappa shape index (κ3) is 3.17. The highest BCUT2D eigenvalue weighted by Gasteiger charge is 2.30. The van der Waals surface area contributed by atoms with Gasteiger partial charge in [-0.15, -0.1) is 5.10 Å². The first-order valence-electron chi connectivity index (χ1n) is 8.81. The molecule has 138 valence electrons. The van der Waals surface area contributed by atoms with E-state index in [2.05, 4.69) is 22.3 Å². The van der Waals surface area contributed by atoms with Crippen LogP contribution in [0.15, 0.2) is 24.3 Å². The average Bonchev–Trinajstić information content (AvgIpc) is 3.11. The number of nitrogens with zero attached hydrogens (tertiary/aromatic N) is 5. The molecule has 2 aliphatic heterocycles. The normalized spacial score (nSPS) is 20.7. The molecule has 2 aromatic rings. The van der Waals surface area contributed by atoms with Crippen LogP contribution in [0.25, 0.3) is 0 Å². The SMILES string of the molecule is COc1ccc([C@@H]2Cn3nnc(C(=O)N4CCN(C)CC4)c3CO2)cc1. The molecule has 0 N–H and O–H groups in total. The lowest BCUT2D eigenvalue weighted by Crippen LogP contribution is -2.47. The number of rotatable bonds is 3. The van der Waals surface area contributed by atoms with Gasteiger partial charge < -0.3 is 19.3 Å². The third-order valence-corrected chi connectivity index (χ3v) is 5.08. The standard InChI is InChI=1S/C18H23N5O3/c1-21-7-9-22(10-8-21)18(24)17-15-12-26-16(11-23(15)20-19-17)13-3-5-14(25-2)6-4-13/h3-6,16H,7-12H2,1-2H3/t16-/m0/s1. The minimum Gasteiger partial charge on any atom is -0.497 e. The summed E-state index contributed by atoms with van der Waals surface area (Å²) >= 11 is 0. The molecule has 8 nitrogen and oxygen atoms in total. The van der Waals surface area contributed by atoms with Gasteiger partial charge in [0.2, 0.25) is 0 Å². The van der Waals surface area contributed by atoms with E-state index >= 15 is 0 Å². The van der Waals surface area contributed by atoms with E-state index in [1.807, 2.05) is 29.2 Å². The maximum absolute atomic E-state index is 12.8. The Balaban J connectivity index is 1.48. The van der Waals surface area contributed by atoms with Crippen LogP contribution in [0.4, 0.5) is 0 Å². The molecule has 1 atom stereocenters. The summed E-state index contributed by atoms with van der Waals surface area (Å²) in [6.45, 7) is 4.08. The number of likely N-dealkylation sites (N-methyl/N-ethyl adjacent to an activating group) is 1. The zero-order chi connectivity index (χ0) is 18.1. The number of hydrogen-bond donors (Lipinski definition) is 0. The van der Waals surface area contributed by atoms with Crippen LogP contribution in [0.5, 0.6) is 5.75 Å². The maximum Gasteiger partial charge on any atom is 0.276 e. The van der Waals surface area contributed by atoms with Crippen molar-refractivity contribution in [3.05, 3.63) is 41.2 Å². The van der Waals surface area contributed by atoms with Crippen LogP contribution in [-0.4, -0.2) is 71.0 Å². The number of benzene rings is 1. The van der Waals surface area contributed by atoms with Crippen LogP contribution >= 0.6 is 0 Å². The molecular weight excluding hydrogens is 334 g/mol. The summed E-state index contributed by atoms with van der Waals surface area (Å²) in [5.41, 5.74) is 2.24. The van der Waals surface area contributed by atoms with E-state index in [0.717, 1.165) is 43.2 Å². The van der Waals surface area contributed by atoms with Crippen LogP contribution in [-0.2, 0) is 17.9 Å². The lowest BCUT2D eigenvalue weighted by molar-refractivity contribution is -0.00204. The molecule has 0 aliphatic carbocycles. The minimum atomic E-state index is -0.110. The molecule has 1 fully saturated rings. The number of amides is 1. The molecular formula is C18H23N5O3. The van der Waals surface area contributed by atoms with Crippen molar-refractivity contribution in [3.8, 4) is 5.75 Å². The van der Waals surface area contributed by atoms with E-state index in [4.69, 9.17) is 9.47 Å². The molecule has 26 heavy (non-hydrogen) atoms. The molecule has 1 aromatic heterocycles. The summed E-state index contributed by atoms with van der Waals surface area (Å²) in [5, 5.41) is 8.36. The molecule has 0 bridgehead atoms. The van der Waals surface area contributed by atoms with Gasteiger partial charge in [0.15, 0.2) is 5.69 Å². The molecule has 1 aromatic carbocycles. The zero-order valence-electron chi connectivity index (χ0n) is 15.1. The summed E-state index contributed by atoms with van der Waals surface area (Å²) in [7, 11) is 3.71. The van der Waals surface area contributed by atoms with Crippen molar-refractivity contribution < 1.29 is 14.3 Å². The molecule has 0 spiro atoms. The van der Waals surface area contributed by atoms with Gasteiger partial charge in [-0.05, 0) is 24.7 Å². The Hall–Kier alpha value is -2.45. The highest BCUT2D eigenvalue weighted by molar-refractivity contribution is 5.93. The van der Waals surface area contributed by atoms with Gasteiger partial charge in [-0.25, -0.2) is 4.68 Å². The molecule has 0 unspecified atom stereocenters. The van der Waals surface area contributed by atoms with E-state index in [0.29, 0.717) is 18.8 Å². The minimum absolute atomic E-state index is 0.0501. The van der Waals surface area contributed by atoms with Crippen molar-refractivity contribution in [2.75, 3.05) is 40.3 Å². The topological polar surface area (TPSA) is 72.7 Å². The number of ether oxygens (including phenoxy) is 2. The molecule has 8 heteroatoms. The van der Waals surface area contributed by atoms with E-state index in [1.54, 1.807) is 11.8 Å². The monoisotopic (exact) mass is 357 g/mol. The molecule has 4 rings (SSSR count). The Kier molecular flexibility index (Phi) is 4.60. The van der Waals surface area contributed by atoms with E-state index < -0.39 is 0 Å². The van der Waals surface area contributed by atoms with Crippen molar-refractivity contribution >= 4 is 5.91 Å². The Morgan fingerprint density at radius 2 is 1.92 bits per heavy atom. The van der Waals surface area contributed by atoms with Crippen LogP contribution in [0.3, 0.4) is 0 Å². The number of hydrogen-bond acceptors (Lipinski definition) is 6. The first-order chi connectivity index (χ1) is 12.7. The predicted molar refractivity (Wildman–Crippen MR) is 93.9 cm³/mol. The van der Waals surface area contributed by atoms with Gasteiger partial charge in [-0.1, -0.05) is 17.3 Å². The van der Waals surface area contributed by atoms with Crippen molar-refractivity contribution in [2.24, 2.45) is 0 Å². The lowest BCUT2D eigenvalue weighted by atomic mass is 10.1. The quantitative estimate of drug-likeness (QED) is 0.814. The highest BCUT2D eigenvalue weighted by atomic mass is 16.5. The van der Waals surface area contributed by atoms with Crippen LogP contribution in [0, 0.1) is 0 Å². The van der Waals surface area contributed by atoms with Gasteiger partial charge in [-0.3, -0.25) is 4.79 Å². The number of piperazine rings is 1. The Morgan fingerprint density at radius 3 is 2.62 bits per heavy atom. The molecule has 3 heterocycles. The van der Waals surface area contributed by atoms with Crippen molar-refractivity contribution in [1.29, 1.82) is 0 Å². The summed E-state index contributed by atoms with van der Waals surface area (Å²) in [5.74, 6) is 0.761. The van der Waals surface area contributed by atoms with E-state index in [-0.39, 0.29) is 12.0 Å². The van der Waals surface area contributed by atoms with Crippen molar-refractivity contribution in [1.82, 2.24) is 24.8 Å². The van der Waals surface area contributed by atoms with Gasteiger partial charge in [0.05, 0.1) is 26.0 Å². The summed E-state index contributed by atoms with van der Waals surface area (Å²) in [4.78, 5) is 16.8. The number of carbonyl (C=O) groups excluding carboxylic acids is 1. The number of methoxy groups -OCH3 is 1.